The second kappa shape index (κ2) is 5.86. The normalized spacial score (nSPS) is 21.3. The van der Waals surface area contributed by atoms with Crippen LogP contribution in [0.25, 0.3) is 0 Å². The van der Waals surface area contributed by atoms with E-state index in [-0.39, 0.29) is 36.6 Å². The number of nitrogens with one attached hydrogen (secondary N) is 1. The van der Waals surface area contributed by atoms with Gasteiger partial charge in [0, 0.05) is 31.7 Å². The maximum atomic E-state index is 12.9. The van der Waals surface area contributed by atoms with Gasteiger partial charge in [-0.15, -0.1) is 0 Å². The van der Waals surface area contributed by atoms with Gasteiger partial charge in [-0.2, -0.15) is 0 Å². The van der Waals surface area contributed by atoms with Gasteiger partial charge >= 0.3 is 6.03 Å². The van der Waals surface area contributed by atoms with Crippen molar-refractivity contribution in [3.63, 3.8) is 0 Å². The van der Waals surface area contributed by atoms with Crippen LogP contribution < -0.4 is 16.0 Å². The molecule has 0 radical (unpaired) electrons. The Balaban J connectivity index is 1.56. The van der Waals surface area contributed by atoms with E-state index in [9.17, 15) is 18.8 Å². The quantitative estimate of drug-likeness (QED) is 0.824. The number of primary amides is 1. The fourth-order valence-electron chi connectivity index (χ4n) is 2.82. The fraction of sp³-hybridized carbons (Fsp3) is 0.400. The summed E-state index contributed by atoms with van der Waals surface area (Å²) in [6.45, 7) is 1.05. The van der Waals surface area contributed by atoms with Crippen LogP contribution in [-0.2, 0) is 9.59 Å². The summed E-state index contributed by atoms with van der Waals surface area (Å²) in [6.07, 6.45) is 0.120. The molecule has 2 heterocycles. The van der Waals surface area contributed by atoms with Crippen LogP contribution in [0.3, 0.4) is 0 Å². The number of urea groups is 1. The summed E-state index contributed by atoms with van der Waals surface area (Å²) in [7, 11) is 0. The molecular weight excluding hydrogens is 303 g/mol. The first kappa shape index (κ1) is 15.3. The van der Waals surface area contributed by atoms with E-state index in [1.165, 1.54) is 34.1 Å². The molecule has 1 aromatic carbocycles. The lowest BCUT2D eigenvalue weighted by Gasteiger charge is -2.38. The van der Waals surface area contributed by atoms with Crippen molar-refractivity contribution in [1.82, 2.24) is 10.2 Å². The van der Waals surface area contributed by atoms with Crippen LogP contribution >= 0.6 is 0 Å². The molecule has 0 bridgehead atoms. The van der Waals surface area contributed by atoms with Gasteiger partial charge in [-0.05, 0) is 24.3 Å². The van der Waals surface area contributed by atoms with E-state index < -0.39 is 11.9 Å². The van der Waals surface area contributed by atoms with Crippen molar-refractivity contribution in [1.29, 1.82) is 0 Å². The molecule has 1 atom stereocenters. The molecule has 1 aromatic rings. The molecule has 0 aliphatic carbocycles. The number of amides is 4. The molecule has 2 aliphatic heterocycles. The number of nitrogens with zero attached hydrogens (tertiary/aromatic N) is 2. The average molecular weight is 320 g/mol. The number of halogens is 1. The summed E-state index contributed by atoms with van der Waals surface area (Å²) in [5, 5.41) is 2.82. The van der Waals surface area contributed by atoms with Crippen LogP contribution in [0.4, 0.5) is 14.9 Å². The van der Waals surface area contributed by atoms with Crippen molar-refractivity contribution < 1.29 is 18.8 Å². The lowest BCUT2D eigenvalue weighted by Crippen LogP contribution is -2.62. The van der Waals surface area contributed by atoms with Crippen molar-refractivity contribution in [3.05, 3.63) is 30.1 Å². The molecule has 0 spiro atoms. The number of hydrogen-bond acceptors (Lipinski definition) is 3. The average Bonchev–Trinajstić information content (AvgIpc) is 2.84. The third kappa shape index (κ3) is 3.10. The van der Waals surface area contributed by atoms with E-state index in [1.54, 1.807) is 0 Å². The number of nitrogens with two attached hydrogens (primary N) is 1. The third-order valence-corrected chi connectivity index (χ3v) is 4.17. The van der Waals surface area contributed by atoms with Crippen LogP contribution in [0.15, 0.2) is 24.3 Å². The maximum absolute atomic E-state index is 12.9. The first-order chi connectivity index (χ1) is 10.9. The second-order valence-electron chi connectivity index (χ2n) is 5.83. The SMILES string of the molecule is NC(=O)N1CC(NC(=O)C2CC(=O)N(c3ccc(F)cc3)C2)C1. The number of likely N-dealkylation sites (tertiary alicyclic amines) is 1. The van der Waals surface area contributed by atoms with Gasteiger partial charge in [-0.3, -0.25) is 9.59 Å². The Hall–Kier alpha value is -2.64. The van der Waals surface area contributed by atoms with E-state index in [0.29, 0.717) is 18.8 Å². The summed E-state index contributed by atoms with van der Waals surface area (Å²) in [5.41, 5.74) is 5.70. The maximum Gasteiger partial charge on any atom is 0.314 e. The highest BCUT2D eigenvalue weighted by atomic mass is 19.1. The number of carbonyl (C=O) groups excluding carboxylic acids is 3. The lowest BCUT2D eigenvalue weighted by molar-refractivity contribution is -0.127. The van der Waals surface area contributed by atoms with E-state index in [4.69, 9.17) is 5.73 Å². The molecule has 2 fully saturated rings. The molecule has 1 unspecified atom stereocenters. The Morgan fingerprint density at radius 2 is 1.83 bits per heavy atom. The van der Waals surface area contributed by atoms with Gasteiger partial charge in [0.25, 0.3) is 0 Å². The van der Waals surface area contributed by atoms with Gasteiger partial charge in [0.05, 0.1) is 12.0 Å². The Morgan fingerprint density at radius 3 is 2.43 bits per heavy atom. The lowest BCUT2D eigenvalue weighted by atomic mass is 10.1. The zero-order valence-electron chi connectivity index (χ0n) is 12.4. The summed E-state index contributed by atoms with van der Waals surface area (Å²) in [4.78, 5) is 38.1. The predicted octanol–water partition coefficient (Wildman–Crippen LogP) is 0.0577. The molecule has 8 heteroatoms. The molecule has 23 heavy (non-hydrogen) atoms. The van der Waals surface area contributed by atoms with Crippen molar-refractivity contribution >= 4 is 23.5 Å². The third-order valence-electron chi connectivity index (χ3n) is 4.17. The largest absolute Gasteiger partial charge is 0.351 e. The standard InChI is InChI=1S/C15H17FN4O3/c16-10-1-3-12(4-2-10)20-6-9(5-13(20)21)14(22)18-11-7-19(8-11)15(17)23/h1-4,9,11H,5-8H2,(H2,17,23)(H,18,22). The molecule has 0 saturated carbocycles. The van der Waals surface area contributed by atoms with Crippen molar-refractivity contribution in [2.24, 2.45) is 11.7 Å². The van der Waals surface area contributed by atoms with Gasteiger partial charge in [0.1, 0.15) is 5.82 Å². The fourth-order valence-corrected chi connectivity index (χ4v) is 2.82. The molecule has 0 aromatic heterocycles. The Kier molecular flexibility index (Phi) is 3.89. The minimum atomic E-state index is -0.506. The molecule has 3 rings (SSSR count). The van der Waals surface area contributed by atoms with E-state index in [1.807, 2.05) is 0 Å². The van der Waals surface area contributed by atoms with Crippen molar-refractivity contribution in [3.8, 4) is 0 Å². The number of benzene rings is 1. The number of anilines is 1. The summed E-state index contributed by atoms with van der Waals surface area (Å²) in [6, 6.07) is 4.97. The molecule has 7 nitrogen and oxygen atoms in total. The van der Waals surface area contributed by atoms with E-state index in [2.05, 4.69) is 5.32 Å². The smallest absolute Gasteiger partial charge is 0.314 e. The van der Waals surface area contributed by atoms with Gasteiger partial charge < -0.3 is 20.9 Å². The summed E-state index contributed by atoms with van der Waals surface area (Å²) < 4.78 is 12.9. The predicted molar refractivity (Wildman–Crippen MR) is 79.9 cm³/mol. The van der Waals surface area contributed by atoms with Gasteiger partial charge in [-0.25, -0.2) is 9.18 Å². The van der Waals surface area contributed by atoms with Gasteiger partial charge in [-0.1, -0.05) is 0 Å². The minimum absolute atomic E-state index is 0.120. The van der Waals surface area contributed by atoms with Crippen LogP contribution in [0.5, 0.6) is 0 Å². The van der Waals surface area contributed by atoms with Gasteiger partial charge in [0.2, 0.25) is 11.8 Å². The zero-order chi connectivity index (χ0) is 16.6. The molecule has 122 valence electrons. The first-order valence-electron chi connectivity index (χ1n) is 7.34. The summed E-state index contributed by atoms with van der Waals surface area (Å²) >= 11 is 0. The number of hydrogen-bond donors (Lipinski definition) is 2. The van der Waals surface area contributed by atoms with Crippen molar-refractivity contribution in [2.75, 3.05) is 24.5 Å². The number of carbonyl (C=O) groups is 3. The Labute approximate surface area is 132 Å². The molecule has 3 N–H and O–H groups in total. The second-order valence-corrected chi connectivity index (χ2v) is 5.83. The Morgan fingerprint density at radius 1 is 1.17 bits per heavy atom. The van der Waals surface area contributed by atoms with Crippen LogP contribution in [0.1, 0.15) is 6.42 Å². The monoisotopic (exact) mass is 320 g/mol. The highest BCUT2D eigenvalue weighted by Crippen LogP contribution is 2.25. The van der Waals surface area contributed by atoms with Crippen LogP contribution in [-0.4, -0.2) is 48.4 Å². The van der Waals surface area contributed by atoms with E-state index in [0.717, 1.165) is 0 Å². The molecule has 4 amide bonds. The first-order valence-corrected chi connectivity index (χ1v) is 7.34. The van der Waals surface area contributed by atoms with Crippen LogP contribution in [0.2, 0.25) is 0 Å². The highest BCUT2D eigenvalue weighted by molar-refractivity contribution is 6.00. The van der Waals surface area contributed by atoms with E-state index >= 15 is 0 Å². The van der Waals surface area contributed by atoms with Gasteiger partial charge in [0.15, 0.2) is 0 Å². The molecule has 2 saturated heterocycles. The summed E-state index contributed by atoms with van der Waals surface area (Å²) in [5.74, 6) is -1.20. The topological polar surface area (TPSA) is 95.7 Å². The Bertz CT molecular complexity index is 643. The highest BCUT2D eigenvalue weighted by Gasteiger charge is 2.38. The van der Waals surface area contributed by atoms with Crippen molar-refractivity contribution in [2.45, 2.75) is 12.5 Å². The number of rotatable bonds is 3. The van der Waals surface area contributed by atoms with Crippen LogP contribution in [0, 0.1) is 11.7 Å². The minimum Gasteiger partial charge on any atom is -0.351 e. The molecule has 2 aliphatic rings. The molecular formula is C15H17FN4O3. The zero-order valence-corrected chi connectivity index (χ0v) is 12.4.